The number of fused-ring (bicyclic) bond motifs is 4. The van der Waals surface area contributed by atoms with Gasteiger partial charge in [-0.2, -0.15) is 0 Å². The van der Waals surface area contributed by atoms with E-state index in [1.54, 1.807) is 0 Å². The van der Waals surface area contributed by atoms with Crippen LogP contribution in [0.4, 0.5) is 5.69 Å². The van der Waals surface area contributed by atoms with E-state index in [9.17, 15) is 9.90 Å². The van der Waals surface area contributed by atoms with Gasteiger partial charge in [0.05, 0.1) is 12.1 Å². The van der Waals surface area contributed by atoms with Crippen molar-refractivity contribution in [2.45, 2.75) is 96.6 Å². The van der Waals surface area contributed by atoms with E-state index < -0.39 is 0 Å². The smallest absolute Gasteiger partial charge is 0.155 e. The fourth-order valence-electron chi connectivity index (χ4n) is 8.67. The topological polar surface area (TPSA) is 49.3 Å². The lowest BCUT2D eigenvalue weighted by atomic mass is 9.35. The Morgan fingerprint density at radius 1 is 1.23 bits per heavy atom. The number of nitrogens with one attached hydrogen (secondary N) is 1. The summed E-state index contributed by atoms with van der Waals surface area (Å²) in [6, 6.07) is 8.63. The van der Waals surface area contributed by atoms with Crippen molar-refractivity contribution in [3.63, 3.8) is 0 Å². The van der Waals surface area contributed by atoms with E-state index in [0.29, 0.717) is 18.1 Å². The molecular formula is C28H39NO2. The molecule has 1 aromatic rings. The first-order chi connectivity index (χ1) is 14.7. The maximum absolute atomic E-state index is 13.4. The first kappa shape index (κ1) is 21.2. The molecule has 1 aromatic carbocycles. The molecular weight excluding hydrogens is 382 g/mol. The molecule has 4 aliphatic rings. The van der Waals surface area contributed by atoms with E-state index in [2.05, 4.69) is 63.4 Å². The molecule has 0 aromatic heterocycles. The van der Waals surface area contributed by atoms with Crippen molar-refractivity contribution in [1.29, 1.82) is 0 Å². The van der Waals surface area contributed by atoms with Gasteiger partial charge in [-0.25, -0.2) is 0 Å². The lowest BCUT2D eigenvalue weighted by Crippen LogP contribution is -2.69. The van der Waals surface area contributed by atoms with Crippen LogP contribution in [0.1, 0.15) is 84.6 Å². The summed E-state index contributed by atoms with van der Waals surface area (Å²) in [5.74, 6) is 1.11. The van der Waals surface area contributed by atoms with Crippen molar-refractivity contribution >= 4 is 11.5 Å². The van der Waals surface area contributed by atoms with Gasteiger partial charge in [0.1, 0.15) is 0 Å². The van der Waals surface area contributed by atoms with Crippen molar-refractivity contribution in [2.24, 2.45) is 22.7 Å². The second-order valence-electron chi connectivity index (χ2n) is 11.8. The van der Waals surface area contributed by atoms with Crippen LogP contribution in [0.25, 0.3) is 0 Å². The lowest BCUT2D eigenvalue weighted by molar-refractivity contribution is -0.213. The van der Waals surface area contributed by atoms with E-state index in [0.717, 1.165) is 44.2 Å². The van der Waals surface area contributed by atoms with Gasteiger partial charge < -0.3 is 10.4 Å². The van der Waals surface area contributed by atoms with Crippen LogP contribution < -0.4 is 5.32 Å². The normalized spacial score (nSPS) is 43.2. The summed E-state index contributed by atoms with van der Waals surface area (Å²) in [5, 5.41) is 15.4. The maximum atomic E-state index is 13.4. The van der Waals surface area contributed by atoms with E-state index in [1.165, 1.54) is 17.6 Å². The first-order valence-electron chi connectivity index (χ1n) is 12.4. The summed E-state index contributed by atoms with van der Waals surface area (Å²) in [6.07, 6.45) is 9.83. The van der Waals surface area contributed by atoms with Crippen LogP contribution in [0.15, 0.2) is 35.9 Å². The number of aliphatic hydroxyl groups excluding tert-OH is 1. The van der Waals surface area contributed by atoms with Crippen LogP contribution in [0.3, 0.4) is 0 Å². The number of rotatable bonds is 3. The predicted octanol–water partition coefficient (Wildman–Crippen LogP) is 6.02. The number of anilines is 1. The van der Waals surface area contributed by atoms with Gasteiger partial charge in [0.15, 0.2) is 5.78 Å². The van der Waals surface area contributed by atoms with Gasteiger partial charge in [-0.1, -0.05) is 43.7 Å². The summed E-state index contributed by atoms with van der Waals surface area (Å²) in [7, 11) is 0. The monoisotopic (exact) mass is 421 g/mol. The Hall–Kier alpha value is -1.61. The zero-order valence-electron chi connectivity index (χ0n) is 19.7. The molecule has 3 nitrogen and oxygen atoms in total. The molecule has 3 saturated carbocycles. The standard InChI is InChI=1S/C28H39NO2/c1-18(2)8-7-11-28-24-15-23(30)22-17-27(24,20-9-5-6-10-21(20)29-22)13-12-26(28,4)16-19(3)14-25(28)31/h5-6,8-10,19,22,24-25,29,31H,7,11-17H2,1-4H3. The Balaban J connectivity index is 1.69. The highest BCUT2D eigenvalue weighted by Crippen LogP contribution is 2.72. The fourth-order valence-corrected chi connectivity index (χ4v) is 8.67. The largest absolute Gasteiger partial charge is 0.393 e. The second-order valence-corrected chi connectivity index (χ2v) is 11.8. The van der Waals surface area contributed by atoms with Gasteiger partial charge in [-0.3, -0.25) is 4.79 Å². The summed E-state index contributed by atoms with van der Waals surface area (Å²) >= 11 is 0. The summed E-state index contributed by atoms with van der Waals surface area (Å²) in [4.78, 5) is 13.4. The number of ketones is 1. The molecule has 1 aliphatic heterocycles. The Labute approximate surface area is 187 Å². The minimum Gasteiger partial charge on any atom is -0.393 e. The highest BCUT2D eigenvalue weighted by molar-refractivity contribution is 5.90. The third-order valence-electron chi connectivity index (χ3n) is 9.82. The molecule has 7 atom stereocenters. The van der Waals surface area contributed by atoms with Gasteiger partial charge >= 0.3 is 0 Å². The molecule has 2 N–H and O–H groups in total. The van der Waals surface area contributed by atoms with Crippen molar-refractivity contribution in [1.82, 2.24) is 0 Å². The number of carbonyl (C=O) groups is 1. The average molecular weight is 422 g/mol. The van der Waals surface area contributed by atoms with Crippen LogP contribution in [0, 0.1) is 22.7 Å². The quantitative estimate of drug-likeness (QED) is 0.587. The summed E-state index contributed by atoms with van der Waals surface area (Å²) in [5.41, 5.74) is 3.79. The highest BCUT2D eigenvalue weighted by Gasteiger charge is 2.69. The molecule has 0 saturated heterocycles. The van der Waals surface area contributed by atoms with Gasteiger partial charge in [0.25, 0.3) is 0 Å². The molecule has 0 amide bonds. The molecule has 7 unspecified atom stereocenters. The van der Waals surface area contributed by atoms with Gasteiger partial charge in [-0.05, 0) is 87.7 Å². The van der Waals surface area contributed by atoms with E-state index in [1.807, 2.05) is 0 Å². The zero-order chi connectivity index (χ0) is 22.0. The number of hydrogen-bond acceptors (Lipinski definition) is 3. The van der Waals surface area contributed by atoms with Crippen LogP contribution in [-0.2, 0) is 10.2 Å². The number of aliphatic hydroxyl groups is 1. The van der Waals surface area contributed by atoms with Crippen molar-refractivity contribution in [3.8, 4) is 0 Å². The Bertz CT molecular complexity index is 917. The third-order valence-corrected chi connectivity index (χ3v) is 9.82. The first-order valence-corrected chi connectivity index (χ1v) is 12.4. The Morgan fingerprint density at radius 2 is 2.00 bits per heavy atom. The lowest BCUT2D eigenvalue weighted by Gasteiger charge is -2.70. The van der Waals surface area contributed by atoms with E-state index >= 15 is 0 Å². The van der Waals surface area contributed by atoms with E-state index in [-0.39, 0.29) is 34.3 Å². The number of Topliss-reactive ketones (excluding diaryl/α,β-unsaturated/α-hetero) is 1. The average Bonchev–Trinajstić information content (AvgIpc) is 2.71. The number of allylic oxidation sites excluding steroid dienone is 2. The second kappa shape index (κ2) is 7.20. The summed E-state index contributed by atoms with van der Waals surface area (Å²) < 4.78 is 0. The maximum Gasteiger partial charge on any atom is 0.155 e. The van der Waals surface area contributed by atoms with E-state index in [4.69, 9.17) is 0 Å². The van der Waals surface area contributed by atoms with Crippen LogP contribution in [-0.4, -0.2) is 23.0 Å². The highest BCUT2D eigenvalue weighted by atomic mass is 16.3. The molecule has 5 rings (SSSR count). The van der Waals surface area contributed by atoms with Gasteiger partial charge in [0, 0.05) is 22.9 Å². The Kier molecular flexibility index (Phi) is 4.93. The molecule has 1 heterocycles. The molecule has 3 aliphatic carbocycles. The van der Waals surface area contributed by atoms with Crippen molar-refractivity contribution < 1.29 is 9.90 Å². The number of carbonyl (C=O) groups excluding carboxylic acids is 1. The molecule has 2 bridgehead atoms. The molecule has 31 heavy (non-hydrogen) atoms. The molecule has 1 spiro atoms. The van der Waals surface area contributed by atoms with Crippen LogP contribution >= 0.6 is 0 Å². The fraction of sp³-hybridized carbons (Fsp3) is 0.679. The third kappa shape index (κ3) is 2.91. The van der Waals surface area contributed by atoms with Crippen LogP contribution in [0.5, 0.6) is 0 Å². The number of benzene rings is 1. The number of para-hydroxylation sites is 1. The van der Waals surface area contributed by atoms with Gasteiger partial charge in [0.2, 0.25) is 0 Å². The summed E-state index contributed by atoms with van der Waals surface area (Å²) in [6.45, 7) is 9.08. The molecule has 168 valence electrons. The van der Waals surface area contributed by atoms with Gasteiger partial charge in [-0.15, -0.1) is 0 Å². The molecule has 0 radical (unpaired) electrons. The minimum atomic E-state index is -0.333. The Morgan fingerprint density at radius 3 is 2.77 bits per heavy atom. The minimum absolute atomic E-state index is 0.00641. The molecule has 3 heteroatoms. The SMILES string of the molecule is CC(C)=CCCC12C(O)CC(C)CC1(C)CCC13CC(Nc4ccccc41)C(=O)CC32. The van der Waals surface area contributed by atoms with Crippen LogP contribution in [0.2, 0.25) is 0 Å². The predicted molar refractivity (Wildman–Crippen MR) is 126 cm³/mol. The number of hydrogen-bond donors (Lipinski definition) is 2. The van der Waals surface area contributed by atoms with Crippen molar-refractivity contribution in [3.05, 3.63) is 41.5 Å². The molecule has 3 fully saturated rings. The zero-order valence-corrected chi connectivity index (χ0v) is 19.7. The van der Waals surface area contributed by atoms with Crippen molar-refractivity contribution in [2.75, 3.05) is 5.32 Å².